The van der Waals surface area contributed by atoms with Crippen LogP contribution in [0.1, 0.15) is 241 Å². The minimum absolute atomic E-state index is 0.276. The molecule has 3 heterocycles. The molecule has 1 N–H and O–H groups in total. The van der Waals surface area contributed by atoms with Crippen LogP contribution in [0.25, 0.3) is 0 Å². The van der Waals surface area contributed by atoms with E-state index in [4.69, 9.17) is 0 Å². The van der Waals surface area contributed by atoms with Crippen LogP contribution in [0.2, 0.25) is 0 Å². The zero-order chi connectivity index (χ0) is 36.2. The number of nitrogens with zero attached hydrogens (tertiary/aromatic N) is 3. The lowest BCUT2D eigenvalue weighted by molar-refractivity contribution is -0.148. The number of hydrogen-bond donors (Lipinski definition) is 1. The van der Waals surface area contributed by atoms with Gasteiger partial charge in [0.25, 0.3) is 0 Å². The lowest BCUT2D eigenvalue weighted by Gasteiger charge is -2.41. The molecular weight excluding hydrogens is 615 g/mol. The number of carbonyl (C=O) groups is 1. The highest BCUT2D eigenvalue weighted by molar-refractivity contribution is 5.69. The summed E-state index contributed by atoms with van der Waals surface area (Å²) in [7, 11) is 0. The molecule has 6 atom stereocenters. The van der Waals surface area contributed by atoms with E-state index in [1.165, 1.54) is 193 Å². The molecule has 0 aromatic heterocycles. The summed E-state index contributed by atoms with van der Waals surface area (Å²) in [6, 6.07) is 3.32. The van der Waals surface area contributed by atoms with Crippen molar-refractivity contribution < 1.29 is 9.90 Å². The SMILES string of the molecule is CCCCCCC1C(CCCCCC)N1C(CC(=O)O)(N1C(CCCCCC)C1CCCCCC)N1C(CCCCCC)C1CCCCCC. The lowest BCUT2D eigenvalue weighted by atomic mass is 10.1. The van der Waals surface area contributed by atoms with Crippen LogP contribution in [0, 0.1) is 0 Å². The molecular formula is C45H87N3O2. The Balaban J connectivity index is 2.03. The maximum absolute atomic E-state index is 13.4. The van der Waals surface area contributed by atoms with Crippen molar-refractivity contribution in [2.75, 3.05) is 0 Å². The summed E-state index contributed by atoms with van der Waals surface area (Å²) in [4.78, 5) is 22.1. The molecule has 3 rings (SSSR count). The molecule has 0 radical (unpaired) electrons. The van der Waals surface area contributed by atoms with Crippen LogP contribution in [0.4, 0.5) is 0 Å². The molecule has 50 heavy (non-hydrogen) atoms. The van der Waals surface area contributed by atoms with Gasteiger partial charge in [-0.3, -0.25) is 19.5 Å². The Hall–Kier alpha value is -0.650. The van der Waals surface area contributed by atoms with Gasteiger partial charge in [0.15, 0.2) is 0 Å². The van der Waals surface area contributed by atoms with Gasteiger partial charge in [-0.25, -0.2) is 0 Å². The Labute approximate surface area is 312 Å². The van der Waals surface area contributed by atoms with Crippen molar-refractivity contribution in [1.82, 2.24) is 14.7 Å². The van der Waals surface area contributed by atoms with E-state index in [9.17, 15) is 9.90 Å². The highest BCUT2D eigenvalue weighted by Gasteiger charge is 2.74. The fourth-order valence-electron chi connectivity index (χ4n) is 10.1. The number of unbranched alkanes of at least 4 members (excludes halogenated alkanes) is 18. The van der Waals surface area contributed by atoms with Crippen LogP contribution >= 0.6 is 0 Å². The van der Waals surface area contributed by atoms with Gasteiger partial charge in [-0.1, -0.05) is 196 Å². The number of rotatable bonds is 35. The molecule has 5 nitrogen and oxygen atoms in total. The summed E-state index contributed by atoms with van der Waals surface area (Å²) in [6.45, 7) is 13.9. The highest BCUT2D eigenvalue weighted by Crippen LogP contribution is 2.60. The largest absolute Gasteiger partial charge is 0.481 e. The first-order valence-electron chi connectivity index (χ1n) is 23.0. The van der Waals surface area contributed by atoms with E-state index in [0.717, 1.165) is 0 Å². The summed E-state index contributed by atoms with van der Waals surface area (Å²) in [5, 5.41) is 11.0. The van der Waals surface area contributed by atoms with Gasteiger partial charge in [0.05, 0.1) is 6.42 Å². The van der Waals surface area contributed by atoms with E-state index in [1.807, 2.05) is 0 Å². The minimum Gasteiger partial charge on any atom is -0.481 e. The zero-order valence-electron chi connectivity index (χ0n) is 34.6. The van der Waals surface area contributed by atoms with E-state index < -0.39 is 11.8 Å². The maximum Gasteiger partial charge on any atom is 0.308 e. The second-order valence-corrected chi connectivity index (χ2v) is 17.1. The number of aliphatic carboxylic acids is 1. The van der Waals surface area contributed by atoms with Gasteiger partial charge in [-0.2, -0.15) is 0 Å². The molecule has 3 saturated heterocycles. The smallest absolute Gasteiger partial charge is 0.308 e. The molecule has 6 unspecified atom stereocenters. The first-order chi connectivity index (χ1) is 24.5. The molecule has 3 fully saturated rings. The summed E-state index contributed by atoms with van der Waals surface area (Å²) in [5.74, 6) is -1.01. The summed E-state index contributed by atoms with van der Waals surface area (Å²) < 4.78 is 0. The van der Waals surface area contributed by atoms with Gasteiger partial charge in [0, 0.05) is 36.3 Å². The third-order valence-corrected chi connectivity index (χ3v) is 13.0. The van der Waals surface area contributed by atoms with Gasteiger partial charge in [0.2, 0.25) is 0 Å². The van der Waals surface area contributed by atoms with Crippen LogP contribution in [0.15, 0.2) is 0 Å². The molecule has 0 aliphatic carbocycles. The normalized spacial score (nSPS) is 29.6. The summed E-state index contributed by atoms with van der Waals surface area (Å²) in [6.07, 6.45) is 39.1. The lowest BCUT2D eigenvalue weighted by Crippen LogP contribution is -2.58. The number of carboxylic acid groups (broad SMARTS) is 1. The Morgan fingerprint density at radius 2 is 0.580 bits per heavy atom. The molecule has 0 bridgehead atoms. The quantitative estimate of drug-likeness (QED) is 0.0526. The molecule has 0 spiro atoms. The molecule has 0 saturated carbocycles. The predicted molar refractivity (Wildman–Crippen MR) is 216 cm³/mol. The van der Waals surface area contributed by atoms with E-state index in [0.29, 0.717) is 36.3 Å². The van der Waals surface area contributed by atoms with Crippen molar-refractivity contribution in [2.45, 2.75) is 283 Å². The van der Waals surface area contributed by atoms with Crippen molar-refractivity contribution in [3.63, 3.8) is 0 Å². The van der Waals surface area contributed by atoms with Crippen molar-refractivity contribution >= 4 is 5.97 Å². The first-order valence-corrected chi connectivity index (χ1v) is 23.0. The van der Waals surface area contributed by atoms with Crippen molar-refractivity contribution in [2.24, 2.45) is 0 Å². The van der Waals surface area contributed by atoms with Crippen LogP contribution in [-0.4, -0.2) is 67.8 Å². The topological polar surface area (TPSA) is 46.3 Å². The van der Waals surface area contributed by atoms with E-state index in [2.05, 4.69) is 56.2 Å². The van der Waals surface area contributed by atoms with Gasteiger partial charge < -0.3 is 5.11 Å². The van der Waals surface area contributed by atoms with Crippen molar-refractivity contribution in [3.8, 4) is 0 Å². The Bertz CT molecular complexity index is 729. The average molecular weight is 702 g/mol. The molecule has 3 aliphatic heterocycles. The highest BCUT2D eigenvalue weighted by atomic mass is 16.4. The second kappa shape index (κ2) is 24.6. The average Bonchev–Trinajstić information content (AvgIpc) is 4.05. The fourth-order valence-corrected chi connectivity index (χ4v) is 10.1. The molecule has 3 aliphatic rings. The molecule has 0 aromatic carbocycles. The van der Waals surface area contributed by atoms with Gasteiger partial charge in [-0.05, 0) is 38.5 Å². The van der Waals surface area contributed by atoms with E-state index in [-0.39, 0.29) is 6.42 Å². The monoisotopic (exact) mass is 702 g/mol. The van der Waals surface area contributed by atoms with Crippen LogP contribution in [0.5, 0.6) is 0 Å². The third-order valence-electron chi connectivity index (χ3n) is 13.0. The second-order valence-electron chi connectivity index (χ2n) is 17.1. The van der Waals surface area contributed by atoms with Crippen LogP contribution < -0.4 is 0 Å². The molecule has 294 valence electrons. The third kappa shape index (κ3) is 13.0. The van der Waals surface area contributed by atoms with Crippen LogP contribution in [-0.2, 0) is 4.79 Å². The van der Waals surface area contributed by atoms with Crippen molar-refractivity contribution in [1.29, 1.82) is 0 Å². The standard InChI is InChI=1S/C45H87N3O2/c1-7-13-19-25-31-38-39(32-26-20-14-8-2)46(38)45(37-44(49)50,47-40(33-27-21-15-9-3)41(47)34-28-22-16-10-4)48-42(35-29-23-17-11-5)43(48)36-30-24-18-12-6/h38-43H,7-37H2,1-6H3,(H,49,50). The number of carboxylic acids is 1. The summed E-state index contributed by atoms with van der Waals surface area (Å²) >= 11 is 0. The molecule has 0 aromatic rings. The van der Waals surface area contributed by atoms with Gasteiger partial charge in [-0.15, -0.1) is 0 Å². The minimum atomic E-state index is -0.575. The number of hydrogen-bond acceptors (Lipinski definition) is 4. The predicted octanol–water partition coefficient (Wildman–Crippen LogP) is 13.1. The van der Waals surface area contributed by atoms with Crippen molar-refractivity contribution in [3.05, 3.63) is 0 Å². The van der Waals surface area contributed by atoms with E-state index >= 15 is 0 Å². The molecule has 5 heteroatoms. The fraction of sp³-hybridized carbons (Fsp3) is 0.978. The van der Waals surface area contributed by atoms with E-state index in [1.54, 1.807) is 0 Å². The van der Waals surface area contributed by atoms with Gasteiger partial charge >= 0.3 is 5.97 Å². The maximum atomic E-state index is 13.4. The van der Waals surface area contributed by atoms with Gasteiger partial charge in [0.1, 0.15) is 5.79 Å². The Kier molecular flexibility index (Phi) is 21.5. The Morgan fingerprint density at radius 1 is 0.380 bits per heavy atom. The van der Waals surface area contributed by atoms with Crippen LogP contribution in [0.3, 0.4) is 0 Å². The Morgan fingerprint density at radius 3 is 0.740 bits per heavy atom. The zero-order valence-corrected chi connectivity index (χ0v) is 34.6. The first kappa shape index (κ1) is 43.8. The summed E-state index contributed by atoms with van der Waals surface area (Å²) in [5.41, 5.74) is 0. The molecule has 0 amide bonds.